The Morgan fingerprint density at radius 2 is 1.78 bits per heavy atom. The maximum absolute atomic E-state index is 14.4. The summed E-state index contributed by atoms with van der Waals surface area (Å²) >= 11 is 0. The molecule has 1 aromatic carbocycles. The molecule has 0 unspecified atom stereocenters. The Morgan fingerprint density at radius 1 is 1.17 bits per heavy atom. The predicted molar refractivity (Wildman–Crippen MR) is 75.1 cm³/mol. The first kappa shape index (κ1) is 15.9. The minimum absolute atomic E-state index is 0.0591. The van der Waals surface area contributed by atoms with Gasteiger partial charge >= 0.3 is 5.97 Å². The molecule has 0 aromatic heterocycles. The molecular formula is C16H17F2NO4. The van der Waals surface area contributed by atoms with Gasteiger partial charge in [0, 0.05) is 7.05 Å². The highest BCUT2D eigenvalue weighted by atomic mass is 19.3. The van der Waals surface area contributed by atoms with E-state index < -0.39 is 28.6 Å². The zero-order valence-corrected chi connectivity index (χ0v) is 12.8. The molecule has 0 N–H and O–H groups in total. The number of alkyl halides is 2. The zero-order chi connectivity index (χ0) is 16.9. The van der Waals surface area contributed by atoms with E-state index in [0.717, 1.165) is 10.6 Å². The number of hydrogen-bond donors (Lipinski definition) is 0. The van der Waals surface area contributed by atoms with Crippen LogP contribution in [0.5, 0.6) is 0 Å². The fourth-order valence-corrected chi connectivity index (χ4v) is 3.47. The average Bonchev–Trinajstić information content (AvgIpc) is 2.51. The van der Waals surface area contributed by atoms with Crippen molar-refractivity contribution in [2.45, 2.75) is 25.4 Å². The minimum Gasteiger partial charge on any atom is -0.460 e. The zero-order valence-electron chi connectivity index (χ0n) is 12.8. The van der Waals surface area contributed by atoms with Gasteiger partial charge in [0.25, 0.3) is 11.8 Å². The molecular weight excluding hydrogens is 308 g/mol. The molecule has 0 aliphatic heterocycles. The van der Waals surface area contributed by atoms with E-state index in [-0.39, 0.29) is 19.4 Å². The van der Waals surface area contributed by atoms with E-state index in [1.807, 2.05) is 6.07 Å². The number of benzene rings is 1. The summed E-state index contributed by atoms with van der Waals surface area (Å²) in [6.45, 7) is -0.0591. The largest absolute Gasteiger partial charge is 0.460 e. The number of carbonyl (C=O) groups is 2. The van der Waals surface area contributed by atoms with Crippen LogP contribution >= 0.6 is 0 Å². The Hall–Kier alpha value is -2.02. The fourth-order valence-electron chi connectivity index (χ4n) is 3.47. The topological polar surface area (TPSA) is 55.8 Å². The number of nitrogens with zero attached hydrogens (tertiary/aromatic N) is 1. The lowest BCUT2D eigenvalue weighted by atomic mass is 9.31. The van der Waals surface area contributed by atoms with Gasteiger partial charge in [0.2, 0.25) is 0 Å². The van der Waals surface area contributed by atoms with Gasteiger partial charge < -0.3 is 4.74 Å². The third-order valence-corrected chi connectivity index (χ3v) is 4.98. The van der Waals surface area contributed by atoms with Gasteiger partial charge in [-0.15, -0.1) is 0 Å². The van der Waals surface area contributed by atoms with Crippen LogP contribution in [-0.4, -0.2) is 37.0 Å². The summed E-state index contributed by atoms with van der Waals surface area (Å²) in [5.41, 5.74) is -2.98. The van der Waals surface area contributed by atoms with Crippen LogP contribution in [0, 0.1) is 10.8 Å². The molecule has 0 heterocycles. The molecule has 0 spiro atoms. The molecule has 7 heteroatoms. The van der Waals surface area contributed by atoms with E-state index in [2.05, 4.69) is 4.84 Å². The molecule has 2 bridgehead atoms. The smallest absolute Gasteiger partial charge is 0.318 e. The number of hydrogen-bond acceptors (Lipinski definition) is 4. The Labute approximate surface area is 132 Å². The number of esters is 1. The van der Waals surface area contributed by atoms with E-state index in [0.29, 0.717) is 0 Å². The second-order valence-corrected chi connectivity index (χ2v) is 6.14. The first-order valence-electron chi connectivity index (χ1n) is 7.22. The standard InChI is InChI=1S/C16H17F2NO4/c1-19(22-2)12(20)14-9-15(10-14,16(14,17)18)13(21)23-8-11-6-4-3-5-7-11/h3-7H,8-10H2,1-2H3. The van der Waals surface area contributed by atoms with Crippen LogP contribution in [0.3, 0.4) is 0 Å². The number of halogens is 2. The molecule has 3 aliphatic rings. The molecule has 3 aliphatic carbocycles. The molecule has 0 saturated heterocycles. The Kier molecular flexibility index (Phi) is 3.44. The van der Waals surface area contributed by atoms with Crippen molar-refractivity contribution in [3.63, 3.8) is 0 Å². The summed E-state index contributed by atoms with van der Waals surface area (Å²) in [5.74, 6) is -5.15. The average molecular weight is 325 g/mol. The van der Waals surface area contributed by atoms with Gasteiger partial charge in [-0.05, 0) is 18.4 Å². The van der Waals surface area contributed by atoms with E-state index in [9.17, 15) is 18.4 Å². The molecule has 1 aromatic rings. The van der Waals surface area contributed by atoms with Gasteiger partial charge in [-0.25, -0.2) is 13.8 Å². The minimum atomic E-state index is -3.41. The molecule has 3 saturated carbocycles. The number of rotatable bonds is 5. The second-order valence-electron chi connectivity index (χ2n) is 6.14. The van der Waals surface area contributed by atoms with Crippen LogP contribution < -0.4 is 0 Å². The van der Waals surface area contributed by atoms with Crippen molar-refractivity contribution in [2.24, 2.45) is 10.8 Å². The lowest BCUT2D eigenvalue weighted by Crippen LogP contribution is -2.85. The van der Waals surface area contributed by atoms with E-state index in [4.69, 9.17) is 4.74 Å². The van der Waals surface area contributed by atoms with Gasteiger partial charge in [0.05, 0.1) is 7.11 Å². The fraction of sp³-hybridized carbons (Fsp3) is 0.500. The number of hydroxylamine groups is 2. The molecule has 5 nitrogen and oxygen atoms in total. The summed E-state index contributed by atoms with van der Waals surface area (Å²) in [4.78, 5) is 28.8. The van der Waals surface area contributed by atoms with E-state index >= 15 is 0 Å². The van der Waals surface area contributed by atoms with Crippen molar-refractivity contribution in [1.29, 1.82) is 0 Å². The lowest BCUT2D eigenvalue weighted by Gasteiger charge is -2.71. The summed E-state index contributed by atoms with van der Waals surface area (Å²) in [6.07, 6.45) is -0.402. The van der Waals surface area contributed by atoms with Crippen LogP contribution in [0.15, 0.2) is 30.3 Å². The Morgan fingerprint density at radius 3 is 2.30 bits per heavy atom. The van der Waals surface area contributed by atoms with Crippen molar-refractivity contribution in [2.75, 3.05) is 14.2 Å². The first-order chi connectivity index (χ1) is 10.8. The summed E-state index contributed by atoms with van der Waals surface area (Å²) in [5, 5.41) is 0.784. The van der Waals surface area contributed by atoms with Crippen LogP contribution in [0.1, 0.15) is 18.4 Å². The van der Waals surface area contributed by atoms with Crippen molar-refractivity contribution in [3.05, 3.63) is 35.9 Å². The van der Waals surface area contributed by atoms with Crippen molar-refractivity contribution >= 4 is 11.9 Å². The highest BCUT2D eigenvalue weighted by Crippen LogP contribution is 2.82. The molecule has 124 valence electrons. The molecule has 0 radical (unpaired) electrons. The van der Waals surface area contributed by atoms with Crippen LogP contribution in [-0.2, 0) is 25.8 Å². The third-order valence-electron chi connectivity index (χ3n) is 4.98. The van der Waals surface area contributed by atoms with Crippen LogP contribution in [0.25, 0.3) is 0 Å². The number of carbonyl (C=O) groups excluding carboxylic acids is 2. The number of amides is 1. The van der Waals surface area contributed by atoms with Gasteiger partial charge in [-0.3, -0.25) is 14.4 Å². The van der Waals surface area contributed by atoms with Crippen LogP contribution in [0.4, 0.5) is 8.78 Å². The highest BCUT2D eigenvalue weighted by molar-refractivity contribution is 5.96. The van der Waals surface area contributed by atoms with Crippen molar-refractivity contribution in [1.82, 2.24) is 5.06 Å². The lowest BCUT2D eigenvalue weighted by molar-refractivity contribution is -0.386. The van der Waals surface area contributed by atoms with E-state index in [1.54, 1.807) is 24.3 Å². The first-order valence-corrected chi connectivity index (χ1v) is 7.22. The molecule has 0 atom stereocenters. The molecule has 3 fully saturated rings. The van der Waals surface area contributed by atoms with E-state index in [1.165, 1.54) is 14.2 Å². The van der Waals surface area contributed by atoms with Gasteiger partial charge in [0.15, 0.2) is 0 Å². The summed E-state index contributed by atoms with van der Waals surface area (Å²) < 4.78 is 33.9. The summed E-state index contributed by atoms with van der Waals surface area (Å²) in [7, 11) is 2.50. The normalized spacial score (nSPS) is 29.9. The maximum atomic E-state index is 14.4. The van der Waals surface area contributed by atoms with Crippen LogP contribution in [0.2, 0.25) is 0 Å². The van der Waals surface area contributed by atoms with Gasteiger partial charge in [-0.2, -0.15) is 0 Å². The van der Waals surface area contributed by atoms with Crippen molar-refractivity contribution < 1.29 is 27.9 Å². The maximum Gasteiger partial charge on any atom is 0.318 e. The quantitative estimate of drug-likeness (QED) is 0.615. The Bertz CT molecular complexity index is 641. The molecule has 23 heavy (non-hydrogen) atoms. The molecule has 1 amide bonds. The number of ether oxygens (including phenoxy) is 1. The monoisotopic (exact) mass is 325 g/mol. The van der Waals surface area contributed by atoms with Crippen molar-refractivity contribution in [3.8, 4) is 0 Å². The molecule has 4 rings (SSSR count). The highest BCUT2D eigenvalue weighted by Gasteiger charge is 2.95. The summed E-state index contributed by atoms with van der Waals surface area (Å²) in [6, 6.07) is 8.83. The van der Waals surface area contributed by atoms with Gasteiger partial charge in [-0.1, -0.05) is 30.3 Å². The Balaban J connectivity index is 1.67. The second kappa shape index (κ2) is 4.99. The van der Waals surface area contributed by atoms with Gasteiger partial charge in [0.1, 0.15) is 17.4 Å². The SMILES string of the molecule is CON(C)C(=O)C12CC(C(=O)OCc3ccccc3)(C1)C2(F)F. The third kappa shape index (κ3) is 1.86. The predicted octanol–water partition coefficient (Wildman–Crippen LogP) is 2.17.